The van der Waals surface area contributed by atoms with E-state index in [0.717, 1.165) is 17.9 Å². The number of rotatable bonds is 1. The van der Waals surface area contributed by atoms with Gasteiger partial charge in [0.1, 0.15) is 11.5 Å². The molecule has 4 heteroatoms. The van der Waals surface area contributed by atoms with E-state index in [0.29, 0.717) is 0 Å². The summed E-state index contributed by atoms with van der Waals surface area (Å²) in [5, 5.41) is 3.26. The zero-order chi connectivity index (χ0) is 20.9. The summed E-state index contributed by atoms with van der Waals surface area (Å²) >= 11 is 0. The fraction of sp³-hybridized carbons (Fsp3) is 0.500. The third-order valence-corrected chi connectivity index (χ3v) is 6.21. The zero-order valence-corrected chi connectivity index (χ0v) is 19.7. The quantitative estimate of drug-likeness (QED) is 0.541. The van der Waals surface area contributed by atoms with Crippen molar-refractivity contribution >= 4 is 8.53 Å². The first-order valence-electron chi connectivity index (χ1n) is 10.0. The van der Waals surface area contributed by atoms with Crippen LogP contribution in [-0.4, -0.2) is 7.05 Å². The highest BCUT2D eigenvalue weighted by atomic mass is 31.2. The molecule has 3 rings (SSSR count). The van der Waals surface area contributed by atoms with Crippen molar-refractivity contribution < 1.29 is 9.05 Å². The Bertz CT molecular complexity index is 819. The molecule has 1 aliphatic heterocycles. The van der Waals surface area contributed by atoms with E-state index in [9.17, 15) is 0 Å². The Morgan fingerprint density at radius 3 is 1.46 bits per heavy atom. The average Bonchev–Trinajstić information content (AvgIpc) is 2.53. The lowest BCUT2D eigenvalue weighted by Crippen LogP contribution is -2.21. The van der Waals surface area contributed by atoms with E-state index in [1.54, 1.807) is 0 Å². The van der Waals surface area contributed by atoms with Gasteiger partial charge in [0.25, 0.3) is 0 Å². The minimum atomic E-state index is -1.28. The van der Waals surface area contributed by atoms with E-state index >= 15 is 0 Å². The first-order valence-corrected chi connectivity index (χ1v) is 11.2. The highest BCUT2D eigenvalue weighted by molar-refractivity contribution is 7.45. The van der Waals surface area contributed by atoms with Crippen LogP contribution >= 0.6 is 8.53 Å². The maximum atomic E-state index is 6.48. The molecular formula is C24H34NO2P. The Hall–Kier alpha value is -1.57. The Labute approximate surface area is 171 Å². The van der Waals surface area contributed by atoms with Crippen LogP contribution in [0.15, 0.2) is 24.3 Å². The van der Waals surface area contributed by atoms with Crippen LogP contribution in [0.4, 0.5) is 0 Å². The van der Waals surface area contributed by atoms with Crippen LogP contribution in [0.2, 0.25) is 0 Å². The van der Waals surface area contributed by atoms with Gasteiger partial charge in [-0.15, -0.1) is 0 Å². The van der Waals surface area contributed by atoms with Gasteiger partial charge in [-0.3, -0.25) is 0 Å². The summed E-state index contributed by atoms with van der Waals surface area (Å²) in [6, 6.07) is 9.03. The largest absolute Gasteiger partial charge is 0.427 e. The maximum absolute atomic E-state index is 6.48. The molecule has 2 aromatic rings. The fourth-order valence-corrected chi connectivity index (χ4v) is 4.75. The van der Waals surface area contributed by atoms with Crippen molar-refractivity contribution in [3.8, 4) is 11.5 Å². The minimum Gasteiger partial charge on any atom is -0.427 e. The first kappa shape index (κ1) is 21.1. The van der Waals surface area contributed by atoms with Gasteiger partial charge in [0.2, 0.25) is 0 Å². The lowest BCUT2D eigenvalue weighted by Gasteiger charge is -2.32. The van der Waals surface area contributed by atoms with Crippen molar-refractivity contribution in [2.75, 3.05) is 7.05 Å². The van der Waals surface area contributed by atoms with E-state index < -0.39 is 8.53 Å². The summed E-state index contributed by atoms with van der Waals surface area (Å²) in [6.45, 7) is 17.8. The van der Waals surface area contributed by atoms with Gasteiger partial charge in [-0.2, -0.15) is 0 Å². The molecule has 0 unspecified atom stereocenters. The molecule has 0 atom stereocenters. The summed E-state index contributed by atoms with van der Waals surface area (Å²) in [6.07, 6.45) is 0.813. The molecule has 0 bridgehead atoms. The normalized spacial score (nSPS) is 15.0. The molecule has 0 aliphatic carbocycles. The number of aryl methyl sites for hydroxylation is 2. The van der Waals surface area contributed by atoms with Crippen molar-refractivity contribution in [1.82, 2.24) is 5.09 Å². The van der Waals surface area contributed by atoms with Gasteiger partial charge in [0, 0.05) is 17.5 Å². The lowest BCUT2D eigenvalue weighted by atomic mass is 9.81. The Balaban J connectivity index is 2.28. The van der Waals surface area contributed by atoms with Crippen molar-refractivity contribution in [2.45, 2.75) is 72.6 Å². The number of hydrogen-bond acceptors (Lipinski definition) is 3. The molecule has 2 aromatic carbocycles. The molecule has 152 valence electrons. The Morgan fingerprint density at radius 1 is 0.750 bits per heavy atom. The van der Waals surface area contributed by atoms with E-state index in [1.807, 2.05) is 7.05 Å². The highest BCUT2D eigenvalue weighted by Gasteiger charge is 2.31. The second kappa shape index (κ2) is 7.35. The third kappa shape index (κ3) is 4.21. The fourth-order valence-electron chi connectivity index (χ4n) is 3.77. The molecule has 1 N–H and O–H groups in total. The van der Waals surface area contributed by atoms with Crippen LogP contribution in [0, 0.1) is 13.8 Å². The zero-order valence-electron chi connectivity index (χ0n) is 18.8. The van der Waals surface area contributed by atoms with Crippen molar-refractivity contribution in [3.63, 3.8) is 0 Å². The van der Waals surface area contributed by atoms with Gasteiger partial charge in [-0.05, 0) is 42.9 Å². The van der Waals surface area contributed by atoms with Crippen molar-refractivity contribution in [2.24, 2.45) is 0 Å². The van der Waals surface area contributed by atoms with Gasteiger partial charge >= 0.3 is 8.53 Å². The van der Waals surface area contributed by atoms with Gasteiger partial charge in [0.05, 0.1) is 0 Å². The standard InChI is InChI=1S/C24H34NO2P/c1-15-10-17-14-18-11-16(2)13-20(24(6,7)8)22(18)27-28(25-9)26-21(17)19(12-15)23(3,4)5/h10-13,25H,14H2,1-9H3. The second-order valence-corrected chi connectivity index (χ2v) is 11.3. The van der Waals surface area contributed by atoms with Crippen molar-refractivity contribution in [3.05, 3.63) is 57.6 Å². The summed E-state index contributed by atoms with van der Waals surface area (Å²) in [4.78, 5) is 0. The summed E-state index contributed by atoms with van der Waals surface area (Å²) < 4.78 is 13.0. The highest BCUT2D eigenvalue weighted by Crippen LogP contribution is 2.49. The lowest BCUT2D eigenvalue weighted by molar-refractivity contribution is 0.441. The molecule has 28 heavy (non-hydrogen) atoms. The molecule has 0 saturated carbocycles. The molecule has 0 fully saturated rings. The monoisotopic (exact) mass is 399 g/mol. The number of hydrogen-bond donors (Lipinski definition) is 1. The van der Waals surface area contributed by atoms with Crippen LogP contribution in [0.3, 0.4) is 0 Å². The predicted octanol–water partition coefficient (Wildman–Crippen LogP) is 6.71. The number of nitrogens with one attached hydrogen (secondary N) is 1. The number of fused-ring (bicyclic) bond motifs is 2. The van der Waals surface area contributed by atoms with Crippen LogP contribution in [-0.2, 0) is 17.3 Å². The minimum absolute atomic E-state index is 0.00392. The van der Waals surface area contributed by atoms with Crippen LogP contribution in [0.1, 0.15) is 74.9 Å². The van der Waals surface area contributed by atoms with Gasteiger partial charge in [-0.1, -0.05) is 76.9 Å². The Morgan fingerprint density at radius 2 is 1.14 bits per heavy atom. The van der Waals surface area contributed by atoms with Gasteiger partial charge < -0.3 is 9.05 Å². The van der Waals surface area contributed by atoms with E-state index in [2.05, 4.69) is 84.7 Å². The molecule has 0 saturated heterocycles. The van der Waals surface area contributed by atoms with E-state index in [4.69, 9.17) is 9.05 Å². The Kier molecular flexibility index (Phi) is 5.55. The summed E-state index contributed by atoms with van der Waals surface area (Å²) in [5.41, 5.74) is 7.49. The predicted molar refractivity (Wildman–Crippen MR) is 120 cm³/mol. The SMILES string of the molecule is CNP1Oc2c(cc(C)cc2C(C)(C)C)Cc2cc(C)cc(C(C)(C)C)c2O1. The van der Waals surface area contributed by atoms with Crippen LogP contribution in [0.25, 0.3) is 0 Å². The van der Waals surface area contributed by atoms with Gasteiger partial charge in [-0.25, -0.2) is 5.09 Å². The molecule has 0 spiro atoms. The molecule has 1 aliphatic rings. The second-order valence-electron chi connectivity index (χ2n) is 9.94. The number of benzene rings is 2. The smallest absolute Gasteiger partial charge is 0.381 e. The molecule has 0 amide bonds. The molecule has 0 radical (unpaired) electrons. The van der Waals surface area contributed by atoms with Crippen molar-refractivity contribution in [1.29, 1.82) is 0 Å². The topological polar surface area (TPSA) is 30.5 Å². The maximum Gasteiger partial charge on any atom is 0.381 e. The van der Waals surface area contributed by atoms with Crippen LogP contribution < -0.4 is 14.1 Å². The molecule has 0 aromatic heterocycles. The molecule has 3 nitrogen and oxygen atoms in total. The van der Waals surface area contributed by atoms with E-state index in [-0.39, 0.29) is 10.8 Å². The molecular weight excluding hydrogens is 365 g/mol. The first-order chi connectivity index (χ1) is 12.9. The van der Waals surface area contributed by atoms with E-state index in [1.165, 1.54) is 33.4 Å². The summed E-state index contributed by atoms with van der Waals surface area (Å²) in [5.74, 6) is 1.95. The molecule has 1 heterocycles. The third-order valence-electron chi connectivity index (χ3n) is 5.15. The average molecular weight is 400 g/mol. The summed E-state index contributed by atoms with van der Waals surface area (Å²) in [7, 11) is 0.623. The van der Waals surface area contributed by atoms with Crippen LogP contribution in [0.5, 0.6) is 11.5 Å². The van der Waals surface area contributed by atoms with Gasteiger partial charge in [0.15, 0.2) is 0 Å².